The average Bonchev–Trinajstić information content (AvgIpc) is 2.32. The average molecular weight is 186 g/mol. The highest BCUT2D eigenvalue weighted by molar-refractivity contribution is 5.78. The highest BCUT2D eigenvalue weighted by atomic mass is 16.3. The zero-order chi connectivity index (χ0) is 9.68. The quantitative estimate of drug-likeness (QED) is 0.621. The van der Waals surface area contributed by atoms with Gasteiger partial charge in [0.15, 0.2) is 0 Å². The number of aliphatic hydroxyl groups excluding tert-OH is 1. The standard InChI is InChI=1S/C9H18N2O2/c1-8(7-12)6-11-4-2-3-10-5-9(11)13/h8,10,12H,2-7H2,1H3. The summed E-state index contributed by atoms with van der Waals surface area (Å²) < 4.78 is 0. The summed E-state index contributed by atoms with van der Waals surface area (Å²) in [6, 6.07) is 0. The summed E-state index contributed by atoms with van der Waals surface area (Å²) in [5, 5.41) is 11.9. The van der Waals surface area contributed by atoms with Crippen LogP contribution in [0.5, 0.6) is 0 Å². The minimum absolute atomic E-state index is 0.150. The number of rotatable bonds is 3. The number of hydrogen-bond donors (Lipinski definition) is 2. The summed E-state index contributed by atoms with van der Waals surface area (Å²) >= 11 is 0. The monoisotopic (exact) mass is 186 g/mol. The Hall–Kier alpha value is -0.610. The summed E-state index contributed by atoms with van der Waals surface area (Å²) in [5.41, 5.74) is 0. The van der Waals surface area contributed by atoms with Crippen LogP contribution in [-0.2, 0) is 4.79 Å². The van der Waals surface area contributed by atoms with Crippen molar-refractivity contribution in [1.29, 1.82) is 0 Å². The Balaban J connectivity index is 2.40. The molecule has 1 saturated heterocycles. The third-order valence-corrected chi connectivity index (χ3v) is 2.25. The molecule has 0 aromatic carbocycles. The van der Waals surface area contributed by atoms with Gasteiger partial charge in [0.25, 0.3) is 0 Å². The molecule has 0 saturated carbocycles. The molecule has 13 heavy (non-hydrogen) atoms. The molecule has 1 unspecified atom stereocenters. The van der Waals surface area contributed by atoms with E-state index >= 15 is 0 Å². The predicted octanol–water partition coefficient (Wildman–Crippen LogP) is -0.563. The van der Waals surface area contributed by atoms with Crippen LogP contribution < -0.4 is 5.32 Å². The summed E-state index contributed by atoms with van der Waals surface area (Å²) in [4.78, 5) is 13.3. The van der Waals surface area contributed by atoms with Gasteiger partial charge in [-0.3, -0.25) is 4.79 Å². The van der Waals surface area contributed by atoms with E-state index in [0.717, 1.165) is 19.5 Å². The molecular formula is C9H18N2O2. The first-order valence-corrected chi connectivity index (χ1v) is 4.83. The van der Waals surface area contributed by atoms with E-state index in [0.29, 0.717) is 13.1 Å². The molecule has 4 heteroatoms. The lowest BCUT2D eigenvalue weighted by molar-refractivity contribution is -0.130. The predicted molar refractivity (Wildman–Crippen MR) is 50.3 cm³/mol. The summed E-state index contributed by atoms with van der Waals surface area (Å²) in [6.07, 6.45) is 1.00. The maximum Gasteiger partial charge on any atom is 0.236 e. The van der Waals surface area contributed by atoms with Crippen molar-refractivity contribution in [2.24, 2.45) is 5.92 Å². The van der Waals surface area contributed by atoms with Crippen molar-refractivity contribution in [2.45, 2.75) is 13.3 Å². The number of amides is 1. The maximum absolute atomic E-state index is 11.4. The van der Waals surface area contributed by atoms with E-state index in [-0.39, 0.29) is 18.4 Å². The summed E-state index contributed by atoms with van der Waals surface area (Å²) in [5.74, 6) is 0.333. The first-order valence-electron chi connectivity index (χ1n) is 4.83. The lowest BCUT2D eigenvalue weighted by Crippen LogP contribution is -2.38. The second-order valence-electron chi connectivity index (χ2n) is 3.66. The van der Waals surface area contributed by atoms with Crippen LogP contribution >= 0.6 is 0 Å². The molecule has 1 aliphatic rings. The number of aliphatic hydroxyl groups is 1. The zero-order valence-corrected chi connectivity index (χ0v) is 8.12. The highest BCUT2D eigenvalue weighted by Gasteiger charge is 2.17. The molecule has 1 rings (SSSR count). The van der Waals surface area contributed by atoms with Crippen LogP contribution in [0.4, 0.5) is 0 Å². The SMILES string of the molecule is CC(CO)CN1CCCNCC1=O. The molecule has 1 heterocycles. The fraction of sp³-hybridized carbons (Fsp3) is 0.889. The van der Waals surface area contributed by atoms with Crippen molar-refractivity contribution in [2.75, 3.05) is 32.8 Å². The van der Waals surface area contributed by atoms with Crippen molar-refractivity contribution < 1.29 is 9.90 Å². The van der Waals surface area contributed by atoms with Crippen LogP contribution in [0.3, 0.4) is 0 Å². The highest BCUT2D eigenvalue weighted by Crippen LogP contribution is 2.02. The molecule has 1 aliphatic heterocycles. The molecule has 0 aromatic heterocycles. The van der Waals surface area contributed by atoms with E-state index in [1.54, 1.807) is 0 Å². The number of carbonyl (C=O) groups is 1. The summed E-state index contributed by atoms with van der Waals surface area (Å²) in [7, 11) is 0. The molecule has 0 radical (unpaired) electrons. The molecule has 0 spiro atoms. The Bertz CT molecular complexity index is 173. The van der Waals surface area contributed by atoms with Crippen LogP contribution in [-0.4, -0.2) is 48.7 Å². The molecule has 0 aromatic rings. The van der Waals surface area contributed by atoms with Crippen LogP contribution in [0.15, 0.2) is 0 Å². The number of carbonyl (C=O) groups excluding carboxylic acids is 1. The van der Waals surface area contributed by atoms with Crippen LogP contribution in [0, 0.1) is 5.92 Å². The van der Waals surface area contributed by atoms with Crippen LogP contribution in [0.2, 0.25) is 0 Å². The third-order valence-electron chi connectivity index (χ3n) is 2.25. The number of nitrogens with one attached hydrogen (secondary N) is 1. The Kier molecular flexibility index (Phi) is 4.18. The van der Waals surface area contributed by atoms with Crippen molar-refractivity contribution in [3.8, 4) is 0 Å². The molecule has 1 fully saturated rings. The van der Waals surface area contributed by atoms with Gasteiger partial charge in [-0.05, 0) is 18.9 Å². The molecule has 2 N–H and O–H groups in total. The van der Waals surface area contributed by atoms with E-state index < -0.39 is 0 Å². The molecular weight excluding hydrogens is 168 g/mol. The lowest BCUT2D eigenvalue weighted by atomic mass is 10.2. The molecule has 0 aliphatic carbocycles. The largest absolute Gasteiger partial charge is 0.396 e. The van der Waals surface area contributed by atoms with E-state index in [1.807, 2.05) is 11.8 Å². The minimum atomic E-state index is 0.150. The maximum atomic E-state index is 11.4. The Labute approximate surface area is 78.9 Å². The van der Waals surface area contributed by atoms with Gasteiger partial charge in [-0.1, -0.05) is 6.92 Å². The molecule has 76 valence electrons. The van der Waals surface area contributed by atoms with Gasteiger partial charge < -0.3 is 15.3 Å². The van der Waals surface area contributed by atoms with Gasteiger partial charge in [-0.25, -0.2) is 0 Å². The van der Waals surface area contributed by atoms with Crippen molar-refractivity contribution in [1.82, 2.24) is 10.2 Å². The van der Waals surface area contributed by atoms with Gasteiger partial charge in [0, 0.05) is 19.7 Å². The smallest absolute Gasteiger partial charge is 0.236 e. The van der Waals surface area contributed by atoms with Gasteiger partial charge in [0.05, 0.1) is 6.54 Å². The van der Waals surface area contributed by atoms with E-state index in [1.165, 1.54) is 0 Å². The third kappa shape index (κ3) is 3.32. The molecule has 4 nitrogen and oxygen atoms in total. The van der Waals surface area contributed by atoms with E-state index in [4.69, 9.17) is 5.11 Å². The molecule has 1 atom stereocenters. The first-order chi connectivity index (χ1) is 6.24. The van der Waals surface area contributed by atoms with Crippen LogP contribution in [0.25, 0.3) is 0 Å². The Morgan fingerprint density at radius 2 is 2.46 bits per heavy atom. The van der Waals surface area contributed by atoms with Crippen LogP contribution in [0.1, 0.15) is 13.3 Å². The fourth-order valence-corrected chi connectivity index (χ4v) is 1.45. The van der Waals surface area contributed by atoms with E-state index in [9.17, 15) is 4.79 Å². The molecule has 1 amide bonds. The zero-order valence-electron chi connectivity index (χ0n) is 8.12. The summed E-state index contributed by atoms with van der Waals surface area (Å²) in [6.45, 7) is 4.95. The second-order valence-corrected chi connectivity index (χ2v) is 3.66. The van der Waals surface area contributed by atoms with Crippen molar-refractivity contribution >= 4 is 5.91 Å². The van der Waals surface area contributed by atoms with Gasteiger partial charge in [-0.15, -0.1) is 0 Å². The van der Waals surface area contributed by atoms with Gasteiger partial charge in [0.1, 0.15) is 0 Å². The Morgan fingerprint density at radius 3 is 3.15 bits per heavy atom. The fourth-order valence-electron chi connectivity index (χ4n) is 1.45. The minimum Gasteiger partial charge on any atom is -0.396 e. The number of nitrogens with zero attached hydrogens (tertiary/aromatic N) is 1. The first kappa shape index (κ1) is 10.5. The normalized spacial score (nSPS) is 21.4. The van der Waals surface area contributed by atoms with Gasteiger partial charge in [-0.2, -0.15) is 0 Å². The lowest BCUT2D eigenvalue weighted by Gasteiger charge is -2.22. The van der Waals surface area contributed by atoms with Gasteiger partial charge in [0.2, 0.25) is 5.91 Å². The number of hydrogen-bond acceptors (Lipinski definition) is 3. The van der Waals surface area contributed by atoms with Crippen molar-refractivity contribution in [3.63, 3.8) is 0 Å². The Morgan fingerprint density at radius 1 is 1.69 bits per heavy atom. The van der Waals surface area contributed by atoms with Crippen molar-refractivity contribution in [3.05, 3.63) is 0 Å². The second kappa shape index (κ2) is 5.19. The van der Waals surface area contributed by atoms with E-state index in [2.05, 4.69) is 5.32 Å². The van der Waals surface area contributed by atoms with Gasteiger partial charge >= 0.3 is 0 Å². The topological polar surface area (TPSA) is 52.6 Å². The molecule has 0 bridgehead atoms.